The van der Waals surface area contributed by atoms with Crippen LogP contribution in [0.15, 0.2) is 18.5 Å². The number of nitrogens with two attached hydrogens (primary N) is 1. The molecule has 2 N–H and O–H groups in total. The molecule has 1 unspecified atom stereocenters. The van der Waals surface area contributed by atoms with Crippen molar-refractivity contribution in [1.82, 2.24) is 14.9 Å². The fourth-order valence-electron chi connectivity index (χ4n) is 3.15. The number of aromatic nitrogens is 2. The number of ether oxygens (including phenoxy) is 1. The van der Waals surface area contributed by atoms with E-state index in [0.717, 1.165) is 0 Å². The molecule has 10 heteroatoms. The first kappa shape index (κ1) is 20.6. The van der Waals surface area contributed by atoms with Crippen molar-refractivity contribution in [3.05, 3.63) is 34.9 Å². The van der Waals surface area contributed by atoms with E-state index in [1.165, 1.54) is 11.2 Å². The monoisotopic (exact) mass is 416 g/mol. The van der Waals surface area contributed by atoms with E-state index < -0.39 is 23.6 Å². The normalized spacial score (nSPS) is 17.1. The summed E-state index contributed by atoms with van der Waals surface area (Å²) in [6.07, 6.45) is 0.806. The molecular weight excluding hydrogens is 396 g/mol. The molecule has 29 heavy (non-hydrogen) atoms. The Bertz CT molecular complexity index is 1010. The zero-order valence-electron chi connectivity index (χ0n) is 16.3. The largest absolute Gasteiger partial charge is 0.444 e. The molecule has 3 rings (SSSR count). The summed E-state index contributed by atoms with van der Waals surface area (Å²) in [5.41, 5.74) is 5.75. The average molecular weight is 417 g/mol. The Morgan fingerprint density at radius 3 is 2.66 bits per heavy atom. The van der Waals surface area contributed by atoms with Crippen LogP contribution < -0.4 is 10.6 Å². The smallest absolute Gasteiger partial charge is 0.411 e. The SMILES string of the molecule is [C-]#[N+]c1cc2c(N3CCN(C(=O)OC(C)(C)C)C(C(N)=O)C3)ncnc2cc1Cl. The third kappa shape index (κ3) is 4.32. The van der Waals surface area contributed by atoms with E-state index in [9.17, 15) is 9.59 Å². The third-order valence-corrected chi connectivity index (χ3v) is 4.74. The molecule has 1 aliphatic heterocycles. The summed E-state index contributed by atoms with van der Waals surface area (Å²) in [4.78, 5) is 39.7. The van der Waals surface area contributed by atoms with E-state index in [1.54, 1.807) is 32.9 Å². The van der Waals surface area contributed by atoms with E-state index in [4.69, 9.17) is 28.6 Å². The molecule has 0 radical (unpaired) electrons. The summed E-state index contributed by atoms with van der Waals surface area (Å²) in [6.45, 7) is 13.3. The van der Waals surface area contributed by atoms with Crippen LogP contribution in [0.5, 0.6) is 0 Å². The van der Waals surface area contributed by atoms with Crippen molar-refractivity contribution < 1.29 is 14.3 Å². The van der Waals surface area contributed by atoms with Crippen LogP contribution >= 0.6 is 11.6 Å². The van der Waals surface area contributed by atoms with Crippen LogP contribution in [0.2, 0.25) is 5.02 Å². The van der Waals surface area contributed by atoms with Crippen LogP contribution in [-0.4, -0.2) is 58.1 Å². The predicted octanol–water partition coefficient (Wildman–Crippen LogP) is 2.74. The van der Waals surface area contributed by atoms with Crippen LogP contribution in [0, 0.1) is 6.57 Å². The van der Waals surface area contributed by atoms with Gasteiger partial charge in [-0.25, -0.2) is 19.6 Å². The zero-order chi connectivity index (χ0) is 21.3. The number of carbonyl (C=O) groups is 2. The highest BCUT2D eigenvalue weighted by molar-refractivity contribution is 6.34. The van der Waals surface area contributed by atoms with Gasteiger partial charge in [-0.15, -0.1) is 0 Å². The second kappa shape index (κ2) is 7.72. The second-order valence-corrected chi connectivity index (χ2v) is 8.07. The summed E-state index contributed by atoms with van der Waals surface area (Å²) < 4.78 is 5.40. The van der Waals surface area contributed by atoms with Crippen LogP contribution in [0.3, 0.4) is 0 Å². The Morgan fingerprint density at radius 2 is 2.03 bits per heavy atom. The summed E-state index contributed by atoms with van der Waals surface area (Å²) in [5, 5.41) is 0.943. The van der Waals surface area contributed by atoms with E-state index in [-0.39, 0.29) is 18.8 Å². The van der Waals surface area contributed by atoms with E-state index >= 15 is 0 Å². The third-order valence-electron chi connectivity index (χ3n) is 4.44. The van der Waals surface area contributed by atoms with Gasteiger partial charge in [-0.3, -0.25) is 9.69 Å². The van der Waals surface area contributed by atoms with E-state index in [0.29, 0.717) is 28.3 Å². The van der Waals surface area contributed by atoms with Crippen molar-refractivity contribution in [1.29, 1.82) is 0 Å². The van der Waals surface area contributed by atoms with Gasteiger partial charge in [0.2, 0.25) is 11.6 Å². The quantitative estimate of drug-likeness (QED) is 0.754. The van der Waals surface area contributed by atoms with Gasteiger partial charge in [0.25, 0.3) is 0 Å². The highest BCUT2D eigenvalue weighted by atomic mass is 35.5. The molecule has 2 aromatic rings. The maximum Gasteiger partial charge on any atom is 0.411 e. The predicted molar refractivity (Wildman–Crippen MR) is 109 cm³/mol. The molecule has 0 bridgehead atoms. The lowest BCUT2D eigenvalue weighted by molar-refractivity contribution is -0.123. The minimum absolute atomic E-state index is 0.149. The Balaban J connectivity index is 1.93. The molecule has 0 spiro atoms. The number of anilines is 1. The number of fused-ring (bicyclic) bond motifs is 1. The number of halogens is 1. The zero-order valence-corrected chi connectivity index (χ0v) is 17.1. The molecule has 0 saturated carbocycles. The second-order valence-electron chi connectivity index (χ2n) is 7.67. The molecule has 1 aliphatic rings. The molecule has 1 aromatic heterocycles. The number of carbonyl (C=O) groups excluding carboxylic acids is 2. The van der Waals surface area contributed by atoms with Crippen LogP contribution in [0.4, 0.5) is 16.3 Å². The van der Waals surface area contributed by atoms with Crippen molar-refractivity contribution in [2.45, 2.75) is 32.4 Å². The van der Waals surface area contributed by atoms with Gasteiger partial charge in [-0.2, -0.15) is 0 Å². The molecule has 1 aromatic carbocycles. The van der Waals surface area contributed by atoms with Gasteiger partial charge in [-0.05, 0) is 32.9 Å². The summed E-state index contributed by atoms with van der Waals surface area (Å²) in [7, 11) is 0. The van der Waals surface area contributed by atoms with Crippen molar-refractivity contribution >= 4 is 46.0 Å². The Labute approximate surface area is 173 Å². The molecule has 1 atom stereocenters. The van der Waals surface area contributed by atoms with E-state index in [1.807, 2.05) is 4.90 Å². The fraction of sp³-hybridized carbons (Fsp3) is 0.421. The molecule has 1 fully saturated rings. The van der Waals surface area contributed by atoms with Crippen molar-refractivity contribution in [2.75, 3.05) is 24.5 Å². The number of piperazine rings is 1. The highest BCUT2D eigenvalue weighted by Gasteiger charge is 2.37. The van der Waals surface area contributed by atoms with Crippen LogP contribution in [0.25, 0.3) is 15.7 Å². The molecule has 1 saturated heterocycles. The lowest BCUT2D eigenvalue weighted by Gasteiger charge is -2.40. The number of rotatable bonds is 2. The Morgan fingerprint density at radius 1 is 1.31 bits per heavy atom. The number of primary amides is 1. The highest BCUT2D eigenvalue weighted by Crippen LogP contribution is 2.34. The topological polar surface area (TPSA) is 106 Å². The van der Waals surface area contributed by atoms with Gasteiger partial charge in [0.15, 0.2) is 0 Å². The number of hydrogen-bond acceptors (Lipinski definition) is 6. The molecule has 2 heterocycles. The fourth-order valence-corrected chi connectivity index (χ4v) is 3.35. The van der Waals surface area contributed by atoms with Crippen LogP contribution in [-0.2, 0) is 9.53 Å². The van der Waals surface area contributed by atoms with Gasteiger partial charge in [-0.1, -0.05) is 11.6 Å². The first-order chi connectivity index (χ1) is 13.6. The number of amides is 2. The Kier molecular flexibility index (Phi) is 5.48. The minimum atomic E-state index is -0.878. The molecular formula is C19H21ClN6O3. The molecule has 0 aliphatic carbocycles. The lowest BCUT2D eigenvalue weighted by atomic mass is 10.1. The van der Waals surface area contributed by atoms with Gasteiger partial charge < -0.3 is 15.4 Å². The van der Waals surface area contributed by atoms with Gasteiger partial charge in [0.1, 0.15) is 23.8 Å². The molecule has 152 valence electrons. The lowest BCUT2D eigenvalue weighted by Crippen LogP contribution is -2.60. The standard InChI is InChI=1S/C19H21ClN6O3/c1-19(2,3)29-18(28)26-6-5-25(9-15(26)16(21)27)17-11-7-14(22-4)12(20)8-13(11)23-10-24-17/h7-8,10,15H,5-6,9H2,1-3H3,(H2,21,27). The Hall–Kier alpha value is -3.12. The number of benzene rings is 1. The van der Waals surface area contributed by atoms with Crippen molar-refractivity contribution in [2.24, 2.45) is 5.73 Å². The average Bonchev–Trinajstić information content (AvgIpc) is 2.65. The van der Waals surface area contributed by atoms with Crippen molar-refractivity contribution in [3.8, 4) is 0 Å². The van der Waals surface area contributed by atoms with E-state index in [2.05, 4.69) is 14.8 Å². The number of nitrogens with zero attached hydrogens (tertiary/aromatic N) is 5. The van der Waals surface area contributed by atoms with Gasteiger partial charge in [0.05, 0.1) is 12.1 Å². The summed E-state index contributed by atoms with van der Waals surface area (Å²) in [6, 6.07) is 2.36. The molecule has 2 amide bonds. The summed E-state index contributed by atoms with van der Waals surface area (Å²) in [5.74, 6) is -0.0875. The van der Waals surface area contributed by atoms with Gasteiger partial charge in [0, 0.05) is 30.0 Å². The summed E-state index contributed by atoms with van der Waals surface area (Å²) >= 11 is 6.11. The number of hydrogen-bond donors (Lipinski definition) is 1. The maximum absolute atomic E-state index is 12.5. The minimum Gasteiger partial charge on any atom is -0.444 e. The van der Waals surface area contributed by atoms with Crippen molar-refractivity contribution in [3.63, 3.8) is 0 Å². The first-order valence-electron chi connectivity index (χ1n) is 8.96. The first-order valence-corrected chi connectivity index (χ1v) is 9.34. The van der Waals surface area contributed by atoms with Gasteiger partial charge >= 0.3 is 6.09 Å². The van der Waals surface area contributed by atoms with Crippen LogP contribution in [0.1, 0.15) is 20.8 Å². The molecule has 9 nitrogen and oxygen atoms in total. The maximum atomic E-state index is 12.5.